The maximum Gasteiger partial charge on any atom is 0.144 e. The molecule has 72 valence electrons. The lowest BCUT2D eigenvalue weighted by Crippen LogP contribution is -2.08. The first-order valence-corrected chi connectivity index (χ1v) is 5.38. The van der Waals surface area contributed by atoms with E-state index in [4.69, 9.17) is 0 Å². The number of nitrogens with zero attached hydrogens (tertiary/aromatic N) is 2. The second-order valence-corrected chi connectivity index (χ2v) is 4.11. The Morgan fingerprint density at radius 3 is 3.00 bits per heavy atom. The van der Waals surface area contributed by atoms with Crippen LogP contribution >= 0.6 is 15.9 Å². The van der Waals surface area contributed by atoms with Crippen molar-refractivity contribution in [3.05, 3.63) is 18.6 Å². The Morgan fingerprint density at radius 1 is 1.54 bits per heavy atom. The predicted octanol–water partition coefficient (Wildman–Crippen LogP) is 2.45. The van der Waals surface area contributed by atoms with Gasteiger partial charge in [0, 0.05) is 23.8 Å². The number of anilines is 1. The van der Waals surface area contributed by atoms with Crippen molar-refractivity contribution >= 4 is 21.7 Å². The molecule has 0 bridgehead atoms. The highest BCUT2D eigenvalue weighted by molar-refractivity contribution is 9.09. The summed E-state index contributed by atoms with van der Waals surface area (Å²) in [4.78, 5) is 8.67. The van der Waals surface area contributed by atoms with Crippen LogP contribution in [0.4, 0.5) is 5.82 Å². The molecule has 1 unspecified atom stereocenters. The molecule has 0 aliphatic carbocycles. The van der Waals surface area contributed by atoms with Gasteiger partial charge in [0.25, 0.3) is 0 Å². The topological polar surface area (TPSA) is 37.8 Å². The highest BCUT2D eigenvalue weighted by Crippen LogP contribution is 2.09. The summed E-state index contributed by atoms with van der Waals surface area (Å²) in [7, 11) is 0. The molecule has 4 heteroatoms. The predicted molar refractivity (Wildman–Crippen MR) is 58.1 cm³/mol. The third kappa shape index (κ3) is 4.22. The van der Waals surface area contributed by atoms with Gasteiger partial charge in [-0.05, 0) is 12.8 Å². The van der Waals surface area contributed by atoms with Crippen LogP contribution in [-0.4, -0.2) is 21.3 Å². The normalized spacial score (nSPS) is 12.5. The minimum Gasteiger partial charge on any atom is -0.369 e. The zero-order chi connectivity index (χ0) is 9.52. The Balaban J connectivity index is 2.20. The first-order valence-electron chi connectivity index (χ1n) is 4.47. The molecule has 0 spiro atoms. The van der Waals surface area contributed by atoms with E-state index in [-0.39, 0.29) is 0 Å². The second-order valence-electron chi connectivity index (χ2n) is 2.81. The zero-order valence-electron chi connectivity index (χ0n) is 7.70. The molecule has 1 N–H and O–H groups in total. The van der Waals surface area contributed by atoms with Crippen molar-refractivity contribution < 1.29 is 0 Å². The maximum atomic E-state index is 4.11. The van der Waals surface area contributed by atoms with Gasteiger partial charge in [-0.15, -0.1) is 0 Å². The number of alkyl halides is 1. The molecule has 1 aromatic rings. The Hall–Kier alpha value is -0.640. The monoisotopic (exact) mass is 243 g/mol. The second kappa shape index (κ2) is 5.91. The van der Waals surface area contributed by atoms with E-state index in [1.807, 2.05) is 0 Å². The summed E-state index contributed by atoms with van der Waals surface area (Å²) in [5.41, 5.74) is 0. The van der Waals surface area contributed by atoms with Gasteiger partial charge in [-0.2, -0.15) is 0 Å². The van der Waals surface area contributed by atoms with Crippen molar-refractivity contribution in [1.29, 1.82) is 0 Å². The molecule has 0 aromatic carbocycles. The third-order valence-electron chi connectivity index (χ3n) is 1.77. The smallest absolute Gasteiger partial charge is 0.144 e. The van der Waals surface area contributed by atoms with Gasteiger partial charge in [-0.25, -0.2) is 4.98 Å². The van der Waals surface area contributed by atoms with Gasteiger partial charge >= 0.3 is 0 Å². The van der Waals surface area contributed by atoms with Gasteiger partial charge in [-0.1, -0.05) is 22.9 Å². The largest absolute Gasteiger partial charge is 0.369 e. The van der Waals surface area contributed by atoms with E-state index in [2.05, 4.69) is 38.1 Å². The molecule has 1 atom stereocenters. The fourth-order valence-corrected chi connectivity index (χ4v) is 1.18. The number of hydrogen-bond acceptors (Lipinski definition) is 3. The van der Waals surface area contributed by atoms with Crippen molar-refractivity contribution in [3.8, 4) is 0 Å². The fraction of sp³-hybridized carbons (Fsp3) is 0.556. The Kier molecular flexibility index (Phi) is 4.75. The van der Waals surface area contributed by atoms with Crippen LogP contribution < -0.4 is 5.32 Å². The number of hydrogen-bond donors (Lipinski definition) is 1. The van der Waals surface area contributed by atoms with E-state index in [1.54, 1.807) is 18.6 Å². The van der Waals surface area contributed by atoms with Crippen molar-refractivity contribution in [2.75, 3.05) is 11.9 Å². The lowest BCUT2D eigenvalue weighted by Gasteiger charge is -2.07. The van der Waals surface area contributed by atoms with Gasteiger partial charge in [-0.3, -0.25) is 4.98 Å². The van der Waals surface area contributed by atoms with E-state index in [0.717, 1.165) is 25.2 Å². The molecule has 0 saturated carbocycles. The molecule has 0 amide bonds. The van der Waals surface area contributed by atoms with Gasteiger partial charge < -0.3 is 5.32 Å². The Bertz CT molecular complexity index is 228. The molecule has 1 heterocycles. The molecule has 3 nitrogen and oxygen atoms in total. The van der Waals surface area contributed by atoms with E-state index >= 15 is 0 Å². The molecule has 1 rings (SSSR count). The van der Waals surface area contributed by atoms with Gasteiger partial charge in [0.15, 0.2) is 0 Å². The van der Waals surface area contributed by atoms with Gasteiger partial charge in [0.2, 0.25) is 0 Å². The van der Waals surface area contributed by atoms with Crippen LogP contribution in [0.25, 0.3) is 0 Å². The lowest BCUT2D eigenvalue weighted by atomic mass is 10.2. The average molecular weight is 244 g/mol. The zero-order valence-corrected chi connectivity index (χ0v) is 9.29. The van der Waals surface area contributed by atoms with Crippen LogP contribution in [0.3, 0.4) is 0 Å². The Morgan fingerprint density at radius 2 is 2.38 bits per heavy atom. The van der Waals surface area contributed by atoms with E-state index in [1.165, 1.54) is 0 Å². The number of aromatic nitrogens is 2. The van der Waals surface area contributed by atoms with Crippen LogP contribution in [0.5, 0.6) is 0 Å². The van der Waals surface area contributed by atoms with Crippen molar-refractivity contribution in [3.63, 3.8) is 0 Å². The molecule has 0 saturated heterocycles. The average Bonchev–Trinajstić information content (AvgIpc) is 2.19. The van der Waals surface area contributed by atoms with Crippen molar-refractivity contribution in [2.24, 2.45) is 0 Å². The van der Waals surface area contributed by atoms with Crippen molar-refractivity contribution in [2.45, 2.75) is 24.6 Å². The molecular formula is C9H14BrN3. The molecule has 1 aromatic heterocycles. The molecule has 0 aliphatic rings. The SMILES string of the molecule is CCC(Br)CCNc1cnccn1. The molecule has 0 fully saturated rings. The lowest BCUT2D eigenvalue weighted by molar-refractivity contribution is 0.772. The summed E-state index contributed by atoms with van der Waals surface area (Å²) >= 11 is 3.57. The summed E-state index contributed by atoms with van der Waals surface area (Å²) in [6, 6.07) is 0. The van der Waals surface area contributed by atoms with Crippen molar-refractivity contribution in [1.82, 2.24) is 9.97 Å². The van der Waals surface area contributed by atoms with Crippen LogP contribution in [0.1, 0.15) is 19.8 Å². The van der Waals surface area contributed by atoms with E-state index in [0.29, 0.717) is 4.83 Å². The quantitative estimate of drug-likeness (QED) is 0.808. The summed E-state index contributed by atoms with van der Waals surface area (Å²) < 4.78 is 0. The van der Waals surface area contributed by atoms with Gasteiger partial charge in [0.1, 0.15) is 5.82 Å². The minimum absolute atomic E-state index is 0.594. The van der Waals surface area contributed by atoms with Gasteiger partial charge in [0.05, 0.1) is 6.20 Å². The number of rotatable bonds is 5. The summed E-state index contributed by atoms with van der Waals surface area (Å²) in [6.45, 7) is 3.10. The highest BCUT2D eigenvalue weighted by atomic mass is 79.9. The van der Waals surface area contributed by atoms with Crippen LogP contribution in [0.15, 0.2) is 18.6 Å². The first-order chi connectivity index (χ1) is 6.33. The summed E-state index contributed by atoms with van der Waals surface area (Å²) in [5.74, 6) is 0.846. The Labute approximate surface area is 87.1 Å². The molecular weight excluding hydrogens is 230 g/mol. The van der Waals surface area contributed by atoms with E-state index < -0.39 is 0 Å². The molecule has 0 radical (unpaired) electrons. The summed E-state index contributed by atoms with van der Waals surface area (Å²) in [6.07, 6.45) is 7.35. The minimum atomic E-state index is 0.594. The number of nitrogens with one attached hydrogen (secondary N) is 1. The molecule has 13 heavy (non-hydrogen) atoms. The van der Waals surface area contributed by atoms with Crippen LogP contribution in [0, 0.1) is 0 Å². The van der Waals surface area contributed by atoms with Crippen LogP contribution in [-0.2, 0) is 0 Å². The molecule has 0 aliphatic heterocycles. The fourth-order valence-electron chi connectivity index (χ4n) is 0.951. The summed E-state index contributed by atoms with van der Waals surface area (Å²) in [5, 5.41) is 3.21. The third-order valence-corrected chi connectivity index (χ3v) is 2.88. The van der Waals surface area contributed by atoms with Crippen LogP contribution in [0.2, 0.25) is 0 Å². The standard InChI is InChI=1S/C9H14BrN3/c1-2-8(10)3-4-12-9-7-11-5-6-13-9/h5-8H,2-4H2,1H3,(H,12,13). The van der Waals surface area contributed by atoms with E-state index in [9.17, 15) is 0 Å². The maximum absolute atomic E-state index is 4.11. The highest BCUT2D eigenvalue weighted by Gasteiger charge is 1.99. The number of halogens is 1. The first kappa shape index (κ1) is 10.4.